The number of nitrogens with two attached hydrogens (primary N) is 1. The van der Waals surface area contributed by atoms with Gasteiger partial charge in [-0.15, -0.1) is 0 Å². The third-order valence-electron chi connectivity index (χ3n) is 4.35. The maximum Gasteiger partial charge on any atom is 0.231 e. The molecule has 0 amide bonds. The molecule has 0 spiro atoms. The van der Waals surface area contributed by atoms with Crippen molar-refractivity contribution in [2.75, 3.05) is 26.4 Å². The van der Waals surface area contributed by atoms with Crippen LogP contribution in [0.15, 0.2) is 18.2 Å². The molecule has 104 valence electrons. The molecule has 4 nitrogen and oxygen atoms in total. The van der Waals surface area contributed by atoms with Crippen molar-refractivity contribution in [3.8, 4) is 11.5 Å². The number of likely N-dealkylation sites (tertiary alicyclic amines) is 1. The topological polar surface area (TPSA) is 47.7 Å². The first-order chi connectivity index (χ1) is 9.29. The molecule has 4 heteroatoms. The third kappa shape index (κ3) is 2.42. The summed E-state index contributed by atoms with van der Waals surface area (Å²) in [5.41, 5.74) is 7.29. The van der Waals surface area contributed by atoms with E-state index in [-0.39, 0.29) is 0 Å². The molecule has 0 bridgehead atoms. The maximum absolute atomic E-state index is 6.01. The van der Waals surface area contributed by atoms with Gasteiger partial charge in [0.15, 0.2) is 11.5 Å². The Morgan fingerprint density at radius 1 is 1.21 bits per heavy atom. The summed E-state index contributed by atoms with van der Waals surface area (Å²) < 4.78 is 10.8. The van der Waals surface area contributed by atoms with Crippen molar-refractivity contribution in [3.63, 3.8) is 0 Å². The zero-order valence-corrected chi connectivity index (χ0v) is 11.5. The van der Waals surface area contributed by atoms with Crippen LogP contribution in [0.5, 0.6) is 11.5 Å². The van der Waals surface area contributed by atoms with E-state index in [1.54, 1.807) is 0 Å². The van der Waals surface area contributed by atoms with Crippen molar-refractivity contribution in [3.05, 3.63) is 23.8 Å². The fourth-order valence-electron chi connectivity index (χ4n) is 3.16. The Hall–Kier alpha value is -1.26. The maximum atomic E-state index is 6.01. The summed E-state index contributed by atoms with van der Waals surface area (Å²) in [6.07, 6.45) is 2.59. The first kappa shape index (κ1) is 12.8. The molecule has 2 heterocycles. The van der Waals surface area contributed by atoms with E-state index in [9.17, 15) is 0 Å². The Morgan fingerprint density at radius 3 is 2.68 bits per heavy atom. The molecule has 0 radical (unpaired) electrons. The Kier molecular flexibility index (Phi) is 3.62. The number of nitrogens with zero attached hydrogens (tertiary/aromatic N) is 1. The number of benzene rings is 1. The highest BCUT2D eigenvalue weighted by atomic mass is 16.7. The van der Waals surface area contributed by atoms with Gasteiger partial charge in [0.1, 0.15) is 0 Å². The number of fused-ring (bicyclic) bond motifs is 1. The van der Waals surface area contributed by atoms with Gasteiger partial charge in [-0.25, -0.2) is 0 Å². The lowest BCUT2D eigenvalue weighted by Crippen LogP contribution is -2.42. The molecule has 2 aliphatic heterocycles. The molecule has 2 unspecified atom stereocenters. The number of hydrogen-bond donors (Lipinski definition) is 1. The lowest BCUT2D eigenvalue weighted by molar-refractivity contribution is 0.174. The van der Waals surface area contributed by atoms with Gasteiger partial charge in [-0.1, -0.05) is 13.0 Å². The summed E-state index contributed by atoms with van der Waals surface area (Å²) in [6, 6.07) is 6.66. The SMILES string of the molecule is CC(c1ccc2c(c1)OCO2)C(CN)N1CCCC1. The van der Waals surface area contributed by atoms with Crippen molar-refractivity contribution < 1.29 is 9.47 Å². The average Bonchev–Trinajstić information content (AvgIpc) is 3.09. The molecule has 2 atom stereocenters. The molecule has 19 heavy (non-hydrogen) atoms. The highest BCUT2D eigenvalue weighted by Crippen LogP contribution is 2.36. The van der Waals surface area contributed by atoms with E-state index < -0.39 is 0 Å². The second-order valence-electron chi connectivity index (χ2n) is 5.45. The van der Waals surface area contributed by atoms with Gasteiger partial charge in [0.2, 0.25) is 6.79 Å². The largest absolute Gasteiger partial charge is 0.454 e. The second kappa shape index (κ2) is 5.39. The summed E-state index contributed by atoms with van der Waals surface area (Å²) in [5.74, 6) is 2.13. The van der Waals surface area contributed by atoms with Crippen molar-refractivity contribution >= 4 is 0 Å². The average molecular weight is 262 g/mol. The lowest BCUT2D eigenvalue weighted by Gasteiger charge is -2.32. The summed E-state index contributed by atoms with van der Waals surface area (Å²) >= 11 is 0. The first-order valence-corrected chi connectivity index (χ1v) is 7.13. The van der Waals surface area contributed by atoms with E-state index in [0.29, 0.717) is 25.3 Å². The van der Waals surface area contributed by atoms with Crippen LogP contribution in [-0.2, 0) is 0 Å². The standard InChI is InChI=1S/C15H22N2O2/c1-11(13(9-16)17-6-2-3-7-17)12-4-5-14-15(8-12)19-10-18-14/h4-5,8,11,13H,2-3,6-7,9-10,16H2,1H3. The van der Waals surface area contributed by atoms with E-state index in [0.717, 1.165) is 11.5 Å². The number of rotatable bonds is 4. The predicted molar refractivity (Wildman–Crippen MR) is 74.6 cm³/mol. The molecule has 3 rings (SSSR count). The van der Waals surface area contributed by atoms with E-state index in [1.807, 2.05) is 6.07 Å². The summed E-state index contributed by atoms with van der Waals surface area (Å²) in [5, 5.41) is 0. The van der Waals surface area contributed by atoms with E-state index >= 15 is 0 Å². The van der Waals surface area contributed by atoms with Gasteiger partial charge in [0.05, 0.1) is 0 Å². The minimum atomic E-state index is 0.333. The first-order valence-electron chi connectivity index (χ1n) is 7.13. The lowest BCUT2D eigenvalue weighted by atomic mass is 9.92. The van der Waals surface area contributed by atoms with Gasteiger partial charge in [-0.3, -0.25) is 4.90 Å². The fraction of sp³-hybridized carbons (Fsp3) is 0.600. The molecule has 1 aromatic rings. The van der Waals surface area contributed by atoms with Gasteiger partial charge in [-0.2, -0.15) is 0 Å². The molecule has 0 saturated carbocycles. The number of ether oxygens (including phenoxy) is 2. The zero-order valence-electron chi connectivity index (χ0n) is 11.5. The summed E-state index contributed by atoms with van der Waals surface area (Å²) in [7, 11) is 0. The number of hydrogen-bond acceptors (Lipinski definition) is 4. The fourth-order valence-corrected chi connectivity index (χ4v) is 3.16. The van der Waals surface area contributed by atoms with E-state index in [2.05, 4.69) is 24.0 Å². The highest BCUT2D eigenvalue weighted by molar-refractivity contribution is 5.45. The van der Waals surface area contributed by atoms with Gasteiger partial charge >= 0.3 is 0 Å². The van der Waals surface area contributed by atoms with Crippen LogP contribution >= 0.6 is 0 Å². The van der Waals surface area contributed by atoms with Gasteiger partial charge < -0.3 is 15.2 Å². The molecule has 1 saturated heterocycles. The third-order valence-corrected chi connectivity index (χ3v) is 4.35. The van der Waals surface area contributed by atoms with Crippen LogP contribution in [0.2, 0.25) is 0 Å². The minimum Gasteiger partial charge on any atom is -0.454 e. The summed E-state index contributed by atoms with van der Waals surface area (Å²) in [6.45, 7) is 5.65. The molecule has 0 aromatic heterocycles. The molecule has 2 N–H and O–H groups in total. The normalized spacial score (nSPS) is 21.6. The Morgan fingerprint density at radius 2 is 1.95 bits per heavy atom. The van der Waals surface area contributed by atoms with Crippen LogP contribution in [0.1, 0.15) is 31.2 Å². The van der Waals surface area contributed by atoms with Gasteiger partial charge in [0, 0.05) is 12.6 Å². The Balaban J connectivity index is 1.79. The Labute approximate surface area is 114 Å². The van der Waals surface area contributed by atoms with Crippen LogP contribution in [0.3, 0.4) is 0 Å². The quantitative estimate of drug-likeness (QED) is 0.901. The van der Waals surface area contributed by atoms with Crippen molar-refractivity contribution in [1.29, 1.82) is 0 Å². The second-order valence-corrected chi connectivity index (χ2v) is 5.45. The van der Waals surface area contributed by atoms with Gasteiger partial charge in [0.25, 0.3) is 0 Å². The zero-order chi connectivity index (χ0) is 13.2. The summed E-state index contributed by atoms with van der Waals surface area (Å²) in [4.78, 5) is 2.52. The van der Waals surface area contributed by atoms with Crippen LogP contribution < -0.4 is 15.2 Å². The highest BCUT2D eigenvalue weighted by Gasteiger charge is 2.27. The van der Waals surface area contributed by atoms with E-state index in [4.69, 9.17) is 15.2 Å². The van der Waals surface area contributed by atoms with Crippen LogP contribution in [0.25, 0.3) is 0 Å². The smallest absolute Gasteiger partial charge is 0.231 e. The molecule has 2 aliphatic rings. The van der Waals surface area contributed by atoms with Crippen LogP contribution in [0, 0.1) is 0 Å². The van der Waals surface area contributed by atoms with E-state index in [1.165, 1.54) is 31.5 Å². The molecular weight excluding hydrogens is 240 g/mol. The predicted octanol–water partition coefficient (Wildman–Crippen LogP) is 1.94. The molecule has 0 aliphatic carbocycles. The van der Waals surface area contributed by atoms with Crippen LogP contribution in [-0.4, -0.2) is 37.4 Å². The molecular formula is C15H22N2O2. The molecule has 1 fully saturated rings. The van der Waals surface area contributed by atoms with Crippen molar-refractivity contribution in [1.82, 2.24) is 4.90 Å². The monoisotopic (exact) mass is 262 g/mol. The molecule has 1 aromatic carbocycles. The van der Waals surface area contributed by atoms with Crippen molar-refractivity contribution in [2.45, 2.75) is 31.7 Å². The Bertz CT molecular complexity index is 444. The van der Waals surface area contributed by atoms with Crippen LogP contribution in [0.4, 0.5) is 0 Å². The van der Waals surface area contributed by atoms with Crippen molar-refractivity contribution in [2.24, 2.45) is 5.73 Å². The minimum absolute atomic E-state index is 0.333. The van der Waals surface area contributed by atoms with Gasteiger partial charge in [-0.05, 0) is 49.5 Å².